The molecule has 0 fully saturated rings. The molecule has 4 heteroatoms. The van der Waals surface area contributed by atoms with Crippen molar-refractivity contribution in [2.75, 3.05) is 45.4 Å². The van der Waals surface area contributed by atoms with E-state index in [0.717, 1.165) is 13.1 Å². The Morgan fingerprint density at radius 1 is 1.39 bits per heavy atom. The molecule has 0 bridgehead atoms. The molecule has 0 aliphatic heterocycles. The van der Waals surface area contributed by atoms with Crippen LogP contribution in [-0.4, -0.2) is 45.6 Å². The van der Waals surface area contributed by atoms with Gasteiger partial charge in [-0.1, -0.05) is 17.7 Å². The van der Waals surface area contributed by atoms with Gasteiger partial charge in [-0.05, 0) is 18.6 Å². The second-order valence-electron chi connectivity index (χ2n) is 4.45. The molecule has 1 rings (SSSR count). The van der Waals surface area contributed by atoms with Crippen LogP contribution in [0.2, 0.25) is 0 Å². The van der Waals surface area contributed by atoms with E-state index in [4.69, 9.17) is 9.84 Å². The normalized spacial score (nSPS) is 10.7. The van der Waals surface area contributed by atoms with Crippen molar-refractivity contribution in [3.8, 4) is 0 Å². The predicted molar refractivity (Wildman–Crippen MR) is 75.1 cm³/mol. The second-order valence-corrected chi connectivity index (χ2v) is 4.45. The van der Waals surface area contributed by atoms with E-state index >= 15 is 0 Å². The summed E-state index contributed by atoms with van der Waals surface area (Å²) < 4.78 is 5.01. The minimum atomic E-state index is 0.168. The number of aryl methyl sites for hydroxylation is 1. The molecule has 0 amide bonds. The van der Waals surface area contributed by atoms with Gasteiger partial charge in [0.15, 0.2) is 0 Å². The summed E-state index contributed by atoms with van der Waals surface area (Å²) in [5.74, 6) is 0. The van der Waals surface area contributed by atoms with Gasteiger partial charge >= 0.3 is 0 Å². The lowest BCUT2D eigenvalue weighted by atomic mass is 10.1. The minimum absolute atomic E-state index is 0.168. The highest BCUT2D eigenvalue weighted by Gasteiger charge is 2.07. The molecule has 0 radical (unpaired) electrons. The van der Waals surface area contributed by atoms with Gasteiger partial charge in [0.2, 0.25) is 0 Å². The third-order valence-electron chi connectivity index (χ3n) is 2.88. The van der Waals surface area contributed by atoms with Crippen LogP contribution in [0.5, 0.6) is 0 Å². The van der Waals surface area contributed by atoms with Gasteiger partial charge in [-0.15, -0.1) is 0 Å². The van der Waals surface area contributed by atoms with Gasteiger partial charge in [0, 0.05) is 39.5 Å². The van der Waals surface area contributed by atoms with E-state index in [1.807, 2.05) is 7.05 Å². The molecule has 0 saturated heterocycles. The third-order valence-corrected chi connectivity index (χ3v) is 2.88. The number of hydrogen-bond acceptors (Lipinski definition) is 4. The molecule has 1 aromatic carbocycles. The van der Waals surface area contributed by atoms with Gasteiger partial charge in [0.25, 0.3) is 0 Å². The summed E-state index contributed by atoms with van der Waals surface area (Å²) in [6.07, 6.45) is 0. The van der Waals surface area contributed by atoms with Crippen LogP contribution in [0.4, 0.5) is 5.69 Å². The van der Waals surface area contributed by atoms with Crippen LogP contribution in [0.15, 0.2) is 18.2 Å². The van der Waals surface area contributed by atoms with E-state index < -0.39 is 0 Å². The monoisotopic (exact) mass is 252 g/mol. The van der Waals surface area contributed by atoms with Crippen LogP contribution in [-0.2, 0) is 11.3 Å². The molecule has 0 aliphatic rings. The van der Waals surface area contributed by atoms with E-state index in [0.29, 0.717) is 13.2 Å². The number of hydrogen-bond donors (Lipinski definition) is 2. The summed E-state index contributed by atoms with van der Waals surface area (Å²) in [6, 6.07) is 6.39. The van der Waals surface area contributed by atoms with Gasteiger partial charge in [0.05, 0.1) is 13.2 Å². The van der Waals surface area contributed by atoms with Crippen molar-refractivity contribution in [2.45, 2.75) is 13.5 Å². The predicted octanol–water partition coefficient (Wildman–Crippen LogP) is 1.16. The number of likely N-dealkylation sites (N-methyl/N-ethyl adjacent to an activating group) is 1. The molecule has 0 aromatic heterocycles. The fraction of sp³-hybridized carbons (Fsp3) is 0.571. The second kappa shape index (κ2) is 8.08. The Morgan fingerprint density at radius 3 is 2.83 bits per heavy atom. The van der Waals surface area contributed by atoms with Gasteiger partial charge < -0.3 is 20.1 Å². The van der Waals surface area contributed by atoms with Crippen molar-refractivity contribution in [1.29, 1.82) is 0 Å². The molecule has 102 valence electrons. The Morgan fingerprint density at radius 2 is 2.17 bits per heavy atom. The molecule has 0 atom stereocenters. The molecule has 0 unspecified atom stereocenters. The number of nitrogens with zero attached hydrogens (tertiary/aromatic N) is 1. The van der Waals surface area contributed by atoms with Gasteiger partial charge in [-0.25, -0.2) is 0 Å². The Balaban J connectivity index is 2.70. The molecular weight excluding hydrogens is 228 g/mol. The zero-order valence-corrected chi connectivity index (χ0v) is 11.6. The lowest BCUT2D eigenvalue weighted by Gasteiger charge is -2.22. The quantitative estimate of drug-likeness (QED) is 0.682. The minimum Gasteiger partial charge on any atom is -0.395 e. The van der Waals surface area contributed by atoms with Crippen LogP contribution in [0.3, 0.4) is 0 Å². The maximum absolute atomic E-state index is 9.02. The summed E-state index contributed by atoms with van der Waals surface area (Å²) in [5, 5.41) is 12.4. The Hall–Kier alpha value is -1.10. The molecule has 0 spiro atoms. The highest BCUT2D eigenvalue weighted by atomic mass is 16.5. The molecular formula is C14H24N2O2. The van der Waals surface area contributed by atoms with Gasteiger partial charge in [0.1, 0.15) is 0 Å². The van der Waals surface area contributed by atoms with E-state index in [2.05, 4.69) is 35.3 Å². The summed E-state index contributed by atoms with van der Waals surface area (Å²) in [4.78, 5) is 2.08. The lowest BCUT2D eigenvalue weighted by Crippen LogP contribution is -2.25. The number of rotatable bonds is 8. The standard InChI is InChI=1S/C14H24N2O2/c1-12-4-5-14(16(2)7-8-17)13(10-12)11-15-6-9-18-3/h4-5,10,15,17H,6-9,11H2,1-3H3. The van der Waals surface area contributed by atoms with Gasteiger partial charge in [-0.2, -0.15) is 0 Å². The molecule has 0 aliphatic carbocycles. The number of ether oxygens (including phenoxy) is 1. The summed E-state index contributed by atoms with van der Waals surface area (Å²) in [5.41, 5.74) is 3.67. The summed E-state index contributed by atoms with van der Waals surface area (Å²) in [6.45, 7) is 5.28. The molecule has 1 aromatic rings. The van der Waals surface area contributed by atoms with Gasteiger partial charge in [-0.3, -0.25) is 0 Å². The first-order chi connectivity index (χ1) is 8.69. The van der Waals surface area contributed by atoms with E-state index in [1.165, 1.54) is 16.8 Å². The maximum atomic E-state index is 9.02. The zero-order valence-electron chi connectivity index (χ0n) is 11.6. The largest absolute Gasteiger partial charge is 0.395 e. The number of aliphatic hydroxyl groups is 1. The highest BCUT2D eigenvalue weighted by molar-refractivity contribution is 5.54. The molecule has 18 heavy (non-hydrogen) atoms. The smallest absolute Gasteiger partial charge is 0.0606 e. The Labute approximate surface area is 110 Å². The molecule has 0 heterocycles. The molecule has 0 saturated carbocycles. The van der Waals surface area contributed by atoms with Crippen LogP contribution >= 0.6 is 0 Å². The average Bonchev–Trinajstić information content (AvgIpc) is 2.35. The number of benzene rings is 1. The SMILES string of the molecule is COCCNCc1cc(C)ccc1N(C)CCO. The number of nitrogens with one attached hydrogen (secondary N) is 1. The summed E-state index contributed by atoms with van der Waals surface area (Å²) >= 11 is 0. The number of aliphatic hydroxyl groups excluding tert-OH is 1. The van der Waals surface area contributed by atoms with Crippen LogP contribution in [0.1, 0.15) is 11.1 Å². The Kier molecular flexibility index (Phi) is 6.72. The van der Waals surface area contributed by atoms with Crippen LogP contribution in [0.25, 0.3) is 0 Å². The topological polar surface area (TPSA) is 44.7 Å². The van der Waals surface area contributed by atoms with Crippen molar-refractivity contribution >= 4 is 5.69 Å². The zero-order chi connectivity index (χ0) is 13.4. The van der Waals surface area contributed by atoms with E-state index in [-0.39, 0.29) is 6.61 Å². The highest BCUT2D eigenvalue weighted by Crippen LogP contribution is 2.20. The number of methoxy groups -OCH3 is 1. The van der Waals surface area contributed by atoms with Crippen molar-refractivity contribution in [2.24, 2.45) is 0 Å². The summed E-state index contributed by atoms with van der Waals surface area (Å²) in [7, 11) is 3.70. The first-order valence-electron chi connectivity index (χ1n) is 6.30. The van der Waals surface area contributed by atoms with Crippen LogP contribution in [0, 0.1) is 6.92 Å². The van der Waals surface area contributed by atoms with Crippen molar-refractivity contribution in [1.82, 2.24) is 5.32 Å². The van der Waals surface area contributed by atoms with Crippen molar-refractivity contribution < 1.29 is 9.84 Å². The maximum Gasteiger partial charge on any atom is 0.0606 e. The third kappa shape index (κ3) is 4.64. The first kappa shape index (κ1) is 15.0. The number of anilines is 1. The van der Waals surface area contributed by atoms with Crippen molar-refractivity contribution in [3.05, 3.63) is 29.3 Å². The fourth-order valence-electron chi connectivity index (χ4n) is 1.90. The van der Waals surface area contributed by atoms with Crippen molar-refractivity contribution in [3.63, 3.8) is 0 Å². The van der Waals surface area contributed by atoms with E-state index in [9.17, 15) is 0 Å². The molecule has 4 nitrogen and oxygen atoms in total. The molecule has 2 N–H and O–H groups in total. The fourth-order valence-corrected chi connectivity index (χ4v) is 1.90. The van der Waals surface area contributed by atoms with E-state index in [1.54, 1.807) is 7.11 Å². The average molecular weight is 252 g/mol. The lowest BCUT2D eigenvalue weighted by molar-refractivity contribution is 0.199. The Bertz CT molecular complexity index is 356. The van der Waals surface area contributed by atoms with Crippen LogP contribution < -0.4 is 10.2 Å². The first-order valence-corrected chi connectivity index (χ1v) is 6.30.